The first-order valence-electron chi connectivity index (χ1n) is 10.4. The summed E-state index contributed by atoms with van der Waals surface area (Å²) in [5.74, 6) is -1.05. The second-order valence-corrected chi connectivity index (χ2v) is 7.80. The molecule has 170 valence electrons. The third kappa shape index (κ3) is 4.80. The highest BCUT2D eigenvalue weighted by Gasteiger charge is 2.47. The summed E-state index contributed by atoms with van der Waals surface area (Å²) in [5, 5.41) is 20.3. The molecule has 0 radical (unpaired) electrons. The van der Waals surface area contributed by atoms with E-state index in [0.717, 1.165) is 16.3 Å². The number of carboxylic acids is 1. The van der Waals surface area contributed by atoms with Crippen molar-refractivity contribution < 1.29 is 29.3 Å². The number of benzene rings is 3. The lowest BCUT2D eigenvalue weighted by atomic mass is 9.83. The normalized spacial score (nSPS) is 18.2. The average molecular weight is 446 g/mol. The fourth-order valence-electron chi connectivity index (χ4n) is 3.99. The highest BCUT2D eigenvalue weighted by molar-refractivity contribution is 6.10. The van der Waals surface area contributed by atoms with E-state index in [1.807, 2.05) is 54.6 Å². The molecule has 0 bridgehead atoms. The van der Waals surface area contributed by atoms with Crippen LogP contribution in [-0.4, -0.2) is 33.5 Å². The van der Waals surface area contributed by atoms with E-state index in [0.29, 0.717) is 30.4 Å². The molecule has 0 aromatic heterocycles. The minimum Gasteiger partial charge on any atom is -0.507 e. The molecule has 1 atom stereocenters. The van der Waals surface area contributed by atoms with Crippen LogP contribution in [0.1, 0.15) is 48.2 Å². The van der Waals surface area contributed by atoms with Gasteiger partial charge in [0, 0.05) is 23.8 Å². The molecule has 1 fully saturated rings. The highest BCUT2D eigenvalue weighted by atomic mass is 16.6. The van der Waals surface area contributed by atoms with Crippen molar-refractivity contribution in [1.29, 1.82) is 0 Å². The maximum absolute atomic E-state index is 12.3. The number of phenols is 1. The number of ether oxygens (including phenoxy) is 1. The van der Waals surface area contributed by atoms with Crippen LogP contribution in [0.3, 0.4) is 0 Å². The van der Waals surface area contributed by atoms with Crippen LogP contribution in [0.2, 0.25) is 0 Å². The molecule has 3 aromatic carbocycles. The summed E-state index contributed by atoms with van der Waals surface area (Å²) in [7, 11) is 0. The van der Waals surface area contributed by atoms with Gasteiger partial charge in [0.15, 0.2) is 5.60 Å². The van der Waals surface area contributed by atoms with Gasteiger partial charge in [-0.15, -0.1) is 0 Å². The van der Waals surface area contributed by atoms with Crippen molar-refractivity contribution in [2.75, 3.05) is 0 Å². The number of esters is 1. The molecular weight excluding hydrogens is 420 g/mol. The van der Waals surface area contributed by atoms with E-state index in [4.69, 9.17) is 9.84 Å². The van der Waals surface area contributed by atoms with Crippen LogP contribution >= 0.6 is 0 Å². The molecule has 1 aliphatic carbocycles. The van der Waals surface area contributed by atoms with Crippen molar-refractivity contribution in [1.82, 2.24) is 0 Å². The Morgan fingerprint density at radius 3 is 2.45 bits per heavy atom. The maximum Gasteiger partial charge on any atom is 0.307 e. The number of aromatic hydroxyl groups is 1. The Morgan fingerprint density at radius 2 is 1.73 bits per heavy atom. The number of fused-ring (bicyclic) bond motifs is 2. The first kappa shape index (κ1) is 23.7. The SMILES string of the molecule is C.O=C(O)CCc1ccc2ccccc2c1O.O=C1CCC2(C=Cc3ccccc3C2=O)O1. The van der Waals surface area contributed by atoms with Crippen LogP contribution in [-0.2, 0) is 20.7 Å². The molecule has 3 aromatic rings. The van der Waals surface area contributed by atoms with E-state index in [1.165, 1.54) is 0 Å². The van der Waals surface area contributed by atoms with Crippen molar-refractivity contribution in [2.45, 2.75) is 38.7 Å². The smallest absolute Gasteiger partial charge is 0.307 e. The summed E-state index contributed by atoms with van der Waals surface area (Å²) >= 11 is 0. The Kier molecular flexibility index (Phi) is 6.97. The number of carboxylic acid groups (broad SMARTS) is 1. The summed E-state index contributed by atoms with van der Waals surface area (Å²) in [6.07, 6.45) is 4.73. The van der Waals surface area contributed by atoms with Crippen LogP contribution in [0.4, 0.5) is 0 Å². The highest BCUT2D eigenvalue weighted by Crippen LogP contribution is 2.36. The predicted octanol–water partition coefficient (Wildman–Crippen LogP) is 5.17. The van der Waals surface area contributed by atoms with Gasteiger partial charge in [-0.05, 0) is 29.0 Å². The first-order chi connectivity index (χ1) is 15.4. The number of aliphatic carboxylic acids is 1. The molecule has 1 spiro atoms. The number of hydrogen-bond acceptors (Lipinski definition) is 5. The van der Waals surface area contributed by atoms with Crippen molar-refractivity contribution in [2.24, 2.45) is 0 Å². The molecule has 6 nitrogen and oxygen atoms in total. The van der Waals surface area contributed by atoms with Gasteiger partial charge in [-0.25, -0.2) is 0 Å². The van der Waals surface area contributed by atoms with E-state index in [2.05, 4.69) is 0 Å². The van der Waals surface area contributed by atoms with Crippen molar-refractivity contribution in [3.8, 4) is 5.75 Å². The van der Waals surface area contributed by atoms with Gasteiger partial charge in [0.2, 0.25) is 5.78 Å². The van der Waals surface area contributed by atoms with Gasteiger partial charge in [-0.1, -0.05) is 74.2 Å². The summed E-state index contributed by atoms with van der Waals surface area (Å²) in [4.78, 5) is 33.9. The molecule has 6 heteroatoms. The number of rotatable bonds is 3. The lowest BCUT2D eigenvalue weighted by Gasteiger charge is -2.26. The van der Waals surface area contributed by atoms with Crippen LogP contribution in [0, 0.1) is 0 Å². The number of aryl methyl sites for hydroxylation is 1. The van der Waals surface area contributed by atoms with Gasteiger partial charge >= 0.3 is 11.9 Å². The van der Waals surface area contributed by atoms with Gasteiger partial charge in [-0.3, -0.25) is 14.4 Å². The van der Waals surface area contributed by atoms with Gasteiger partial charge in [0.1, 0.15) is 5.75 Å². The van der Waals surface area contributed by atoms with Crippen molar-refractivity contribution >= 4 is 34.6 Å². The van der Waals surface area contributed by atoms with Crippen LogP contribution < -0.4 is 0 Å². The Bertz CT molecular complexity index is 1240. The Hall–Kier alpha value is -3.93. The van der Waals surface area contributed by atoms with Crippen molar-refractivity contribution in [3.05, 3.63) is 83.4 Å². The number of carbonyl (C=O) groups excluding carboxylic acids is 2. The summed E-state index contributed by atoms with van der Waals surface area (Å²) < 4.78 is 5.18. The third-order valence-electron chi connectivity index (χ3n) is 5.71. The number of carbonyl (C=O) groups is 3. The summed E-state index contributed by atoms with van der Waals surface area (Å²) in [5.41, 5.74) is 1.19. The zero-order chi connectivity index (χ0) is 22.7. The van der Waals surface area contributed by atoms with E-state index < -0.39 is 11.6 Å². The van der Waals surface area contributed by atoms with E-state index in [1.54, 1.807) is 18.2 Å². The fourth-order valence-corrected chi connectivity index (χ4v) is 3.99. The molecule has 2 N–H and O–H groups in total. The van der Waals surface area contributed by atoms with Gasteiger partial charge in [0.05, 0.1) is 6.42 Å². The molecule has 0 amide bonds. The van der Waals surface area contributed by atoms with Gasteiger partial charge in [0.25, 0.3) is 0 Å². The average Bonchev–Trinajstić information content (AvgIpc) is 3.18. The van der Waals surface area contributed by atoms with E-state index >= 15 is 0 Å². The molecular formula is C27H26O6. The van der Waals surface area contributed by atoms with Crippen LogP contribution in [0.25, 0.3) is 16.8 Å². The molecule has 0 saturated carbocycles. The zero-order valence-electron chi connectivity index (χ0n) is 17.3. The standard InChI is InChI=1S/C13H10O3.C13H12O3.CH4/c14-11-6-8-13(16-11)7-5-9-3-1-2-4-10(9)12(13)15;14-12(15)8-7-10-6-5-9-3-1-2-4-11(9)13(10)16;/h1-5,7H,6,8H2;1-6,16H,7-8H2,(H,14,15);1H4. The molecule has 33 heavy (non-hydrogen) atoms. The minimum absolute atomic E-state index is 0. The minimum atomic E-state index is -1.02. The second kappa shape index (κ2) is 9.69. The van der Waals surface area contributed by atoms with Gasteiger partial charge < -0.3 is 14.9 Å². The molecule has 5 rings (SSSR count). The van der Waals surface area contributed by atoms with E-state index in [-0.39, 0.29) is 31.3 Å². The number of phenolic OH excluding ortho intramolecular Hbond substituents is 1. The molecule has 1 saturated heterocycles. The molecule has 2 aliphatic rings. The zero-order valence-corrected chi connectivity index (χ0v) is 17.3. The molecule has 1 unspecified atom stereocenters. The Morgan fingerprint density at radius 1 is 1.00 bits per heavy atom. The predicted molar refractivity (Wildman–Crippen MR) is 126 cm³/mol. The third-order valence-corrected chi connectivity index (χ3v) is 5.71. The fraction of sp³-hybridized carbons (Fsp3) is 0.222. The summed E-state index contributed by atoms with van der Waals surface area (Å²) in [6.45, 7) is 0. The number of ketones is 1. The van der Waals surface area contributed by atoms with Crippen LogP contribution in [0.5, 0.6) is 5.75 Å². The number of Topliss-reactive ketones (excluding diaryl/α,β-unsaturated/α-hetero) is 1. The number of hydrogen-bond donors (Lipinski definition) is 2. The maximum atomic E-state index is 12.3. The quantitative estimate of drug-likeness (QED) is 0.538. The second-order valence-electron chi connectivity index (χ2n) is 7.80. The summed E-state index contributed by atoms with van der Waals surface area (Å²) in [6, 6.07) is 18.5. The Balaban J connectivity index is 0.000000180. The monoisotopic (exact) mass is 446 g/mol. The largest absolute Gasteiger partial charge is 0.507 e. The van der Waals surface area contributed by atoms with Crippen molar-refractivity contribution in [3.63, 3.8) is 0 Å². The van der Waals surface area contributed by atoms with Gasteiger partial charge in [-0.2, -0.15) is 0 Å². The lowest BCUT2D eigenvalue weighted by Crippen LogP contribution is -2.38. The first-order valence-corrected chi connectivity index (χ1v) is 10.4. The molecule has 1 aliphatic heterocycles. The van der Waals surface area contributed by atoms with Crippen LogP contribution in [0.15, 0.2) is 66.7 Å². The topological polar surface area (TPSA) is 101 Å². The molecule has 1 heterocycles. The lowest BCUT2D eigenvalue weighted by molar-refractivity contribution is -0.143. The Labute approximate surface area is 192 Å². The van der Waals surface area contributed by atoms with E-state index in [9.17, 15) is 19.5 Å².